The van der Waals surface area contributed by atoms with Crippen molar-refractivity contribution < 1.29 is 24.1 Å². The van der Waals surface area contributed by atoms with Crippen molar-refractivity contribution in [1.82, 2.24) is 25.0 Å². The summed E-state index contributed by atoms with van der Waals surface area (Å²) >= 11 is 7.33. The SMILES string of the molecule is CO[C@@H]1[C@@H](n2cc(-c3ccc(C)c(F)n3)nn2)[C@@H](O)[C@@H](CO)O[C@@H]1Sc1cncc(Cl)c1. The van der Waals surface area contributed by atoms with E-state index in [1.165, 1.54) is 29.8 Å². The summed E-state index contributed by atoms with van der Waals surface area (Å²) in [5.74, 6) is -0.593. The maximum atomic E-state index is 13.9. The number of methoxy groups -OCH3 is 1. The maximum absolute atomic E-state index is 13.9. The fourth-order valence-corrected chi connectivity index (χ4v) is 4.91. The summed E-state index contributed by atoms with van der Waals surface area (Å²) in [6.07, 6.45) is 2.00. The molecule has 0 aliphatic carbocycles. The largest absolute Gasteiger partial charge is 0.394 e. The smallest absolute Gasteiger partial charge is 0.216 e. The number of rotatable bonds is 6. The van der Waals surface area contributed by atoms with Crippen LogP contribution in [0.5, 0.6) is 0 Å². The minimum atomic E-state index is -1.14. The van der Waals surface area contributed by atoms with Gasteiger partial charge in [0.05, 0.1) is 23.5 Å². The lowest BCUT2D eigenvalue weighted by Crippen LogP contribution is -2.55. The van der Waals surface area contributed by atoms with Gasteiger partial charge in [0.25, 0.3) is 0 Å². The lowest BCUT2D eigenvalue weighted by molar-refractivity contribution is -0.186. The zero-order chi connectivity index (χ0) is 22.8. The van der Waals surface area contributed by atoms with E-state index in [-0.39, 0.29) is 0 Å². The number of aliphatic hydroxyl groups excluding tert-OH is 2. The van der Waals surface area contributed by atoms with Gasteiger partial charge in [-0.3, -0.25) is 4.98 Å². The second-order valence-electron chi connectivity index (χ2n) is 7.25. The maximum Gasteiger partial charge on any atom is 0.216 e. The molecule has 0 saturated carbocycles. The predicted molar refractivity (Wildman–Crippen MR) is 115 cm³/mol. The second-order valence-corrected chi connectivity index (χ2v) is 8.86. The van der Waals surface area contributed by atoms with Crippen molar-refractivity contribution in [2.45, 2.75) is 41.6 Å². The Morgan fingerprint density at radius 2 is 2.12 bits per heavy atom. The van der Waals surface area contributed by atoms with Crippen LogP contribution in [0.1, 0.15) is 11.6 Å². The van der Waals surface area contributed by atoms with E-state index >= 15 is 0 Å². The van der Waals surface area contributed by atoms with E-state index in [1.807, 2.05) is 0 Å². The van der Waals surface area contributed by atoms with Gasteiger partial charge in [-0.15, -0.1) is 5.10 Å². The van der Waals surface area contributed by atoms with E-state index < -0.39 is 42.3 Å². The van der Waals surface area contributed by atoms with Gasteiger partial charge in [0.15, 0.2) is 0 Å². The van der Waals surface area contributed by atoms with Gasteiger partial charge in [-0.2, -0.15) is 4.39 Å². The molecule has 0 amide bonds. The average molecular weight is 482 g/mol. The van der Waals surface area contributed by atoms with Gasteiger partial charge in [-0.25, -0.2) is 9.67 Å². The lowest BCUT2D eigenvalue weighted by atomic mass is 9.97. The standard InChI is InChI=1S/C20H21ClFN5O4S/c1-10-3-4-13(24-19(10)22)14-8-27(26-25-14)16-17(29)15(9-28)31-20(18(16)30-2)32-12-5-11(21)6-23-7-12/h3-8,15-18,20,28-29H,9H2,1-2H3/t15-,16+,17+,18-,20-/m1/s1. The van der Waals surface area contributed by atoms with Gasteiger partial charge in [0.2, 0.25) is 5.95 Å². The van der Waals surface area contributed by atoms with Crippen LogP contribution in [0.4, 0.5) is 4.39 Å². The molecule has 32 heavy (non-hydrogen) atoms. The molecule has 9 nitrogen and oxygen atoms in total. The average Bonchev–Trinajstić information content (AvgIpc) is 3.26. The molecule has 4 rings (SSSR count). The van der Waals surface area contributed by atoms with Crippen LogP contribution in [0.25, 0.3) is 11.4 Å². The van der Waals surface area contributed by atoms with Gasteiger partial charge in [-0.1, -0.05) is 34.6 Å². The minimum Gasteiger partial charge on any atom is -0.394 e. The molecule has 0 spiro atoms. The number of hydrogen-bond donors (Lipinski definition) is 2. The number of nitrogens with zero attached hydrogens (tertiary/aromatic N) is 5. The van der Waals surface area contributed by atoms with Crippen molar-refractivity contribution in [1.29, 1.82) is 0 Å². The van der Waals surface area contributed by atoms with E-state index in [9.17, 15) is 14.6 Å². The first-order valence-corrected chi connectivity index (χ1v) is 11.0. The zero-order valence-electron chi connectivity index (χ0n) is 17.2. The van der Waals surface area contributed by atoms with E-state index in [4.69, 9.17) is 21.1 Å². The number of aliphatic hydroxyl groups is 2. The number of hydrogen-bond acceptors (Lipinski definition) is 9. The fourth-order valence-electron chi connectivity index (χ4n) is 3.49. The van der Waals surface area contributed by atoms with Crippen LogP contribution >= 0.6 is 23.4 Å². The summed E-state index contributed by atoms with van der Waals surface area (Å²) in [4.78, 5) is 8.71. The molecule has 5 atom stereocenters. The van der Waals surface area contributed by atoms with Crippen LogP contribution in [0.3, 0.4) is 0 Å². The Balaban J connectivity index is 1.66. The number of halogens is 2. The quantitative estimate of drug-likeness (QED) is 0.511. The molecule has 0 bridgehead atoms. The van der Waals surface area contributed by atoms with E-state index in [1.54, 1.807) is 37.5 Å². The topological polar surface area (TPSA) is 115 Å². The Morgan fingerprint density at radius 3 is 2.81 bits per heavy atom. The Hall–Kier alpha value is -2.15. The third-order valence-corrected chi connectivity index (χ3v) is 6.46. The number of pyridine rings is 2. The monoisotopic (exact) mass is 481 g/mol. The molecular formula is C20H21ClFN5O4S. The highest BCUT2D eigenvalue weighted by Crippen LogP contribution is 2.39. The van der Waals surface area contributed by atoms with Crippen molar-refractivity contribution in [3.8, 4) is 11.4 Å². The summed E-state index contributed by atoms with van der Waals surface area (Å²) in [5, 5.41) is 29.4. The van der Waals surface area contributed by atoms with Crippen LogP contribution in [-0.4, -0.2) is 72.6 Å². The molecule has 0 aromatic carbocycles. The predicted octanol–water partition coefficient (Wildman–Crippen LogP) is 2.26. The van der Waals surface area contributed by atoms with Crippen LogP contribution < -0.4 is 0 Å². The molecule has 1 fully saturated rings. The molecular weight excluding hydrogens is 461 g/mol. The third-order valence-electron chi connectivity index (χ3n) is 5.14. The van der Waals surface area contributed by atoms with Crippen LogP contribution in [-0.2, 0) is 9.47 Å². The van der Waals surface area contributed by atoms with Gasteiger partial charge in [0, 0.05) is 30.0 Å². The number of ether oxygens (including phenoxy) is 2. The lowest BCUT2D eigenvalue weighted by Gasteiger charge is -2.43. The summed E-state index contributed by atoms with van der Waals surface area (Å²) in [6.45, 7) is 1.21. The summed E-state index contributed by atoms with van der Waals surface area (Å²) in [5.41, 5.74) is 0.445. The molecule has 170 valence electrons. The third kappa shape index (κ3) is 4.63. The van der Waals surface area contributed by atoms with E-state index in [0.717, 1.165) is 4.90 Å². The summed E-state index contributed by atoms with van der Waals surface area (Å²) in [7, 11) is 1.49. The first-order valence-electron chi connectivity index (χ1n) is 9.71. The highest BCUT2D eigenvalue weighted by Gasteiger charge is 2.47. The highest BCUT2D eigenvalue weighted by atomic mass is 35.5. The van der Waals surface area contributed by atoms with Crippen LogP contribution in [0.15, 0.2) is 41.7 Å². The van der Waals surface area contributed by atoms with Crippen molar-refractivity contribution in [2.24, 2.45) is 0 Å². The molecule has 12 heteroatoms. The molecule has 0 unspecified atom stereocenters. The highest BCUT2D eigenvalue weighted by molar-refractivity contribution is 7.99. The molecule has 1 saturated heterocycles. The molecule has 1 aliphatic heterocycles. The van der Waals surface area contributed by atoms with Crippen molar-refractivity contribution in [3.05, 3.63) is 53.3 Å². The first-order chi connectivity index (χ1) is 15.4. The minimum absolute atomic E-state index is 0.310. The van der Waals surface area contributed by atoms with Gasteiger partial charge < -0.3 is 19.7 Å². The Kier molecular flexibility index (Phi) is 7.03. The summed E-state index contributed by atoms with van der Waals surface area (Å²) < 4.78 is 26.9. The fraction of sp³-hybridized carbons (Fsp3) is 0.400. The number of aromatic nitrogens is 5. The zero-order valence-corrected chi connectivity index (χ0v) is 18.7. The Bertz CT molecular complexity index is 1090. The molecule has 3 aromatic heterocycles. The van der Waals surface area contributed by atoms with Crippen molar-refractivity contribution >= 4 is 23.4 Å². The summed E-state index contributed by atoms with van der Waals surface area (Å²) in [6, 6.07) is 4.23. The van der Waals surface area contributed by atoms with E-state index in [0.29, 0.717) is 22.0 Å². The van der Waals surface area contributed by atoms with Gasteiger partial charge >= 0.3 is 0 Å². The molecule has 4 heterocycles. The Morgan fingerprint density at radius 1 is 1.31 bits per heavy atom. The van der Waals surface area contributed by atoms with E-state index in [2.05, 4.69) is 20.3 Å². The molecule has 2 N–H and O–H groups in total. The van der Waals surface area contributed by atoms with Gasteiger partial charge in [0.1, 0.15) is 35.5 Å². The second kappa shape index (κ2) is 9.77. The molecule has 0 radical (unpaired) electrons. The first kappa shape index (κ1) is 23.0. The normalized spacial score (nSPS) is 25.8. The van der Waals surface area contributed by atoms with Gasteiger partial charge in [-0.05, 0) is 19.1 Å². The molecule has 3 aromatic rings. The van der Waals surface area contributed by atoms with Crippen LogP contribution in [0, 0.1) is 12.9 Å². The van der Waals surface area contributed by atoms with Crippen molar-refractivity contribution in [2.75, 3.05) is 13.7 Å². The number of thioether (sulfide) groups is 1. The molecule has 1 aliphatic rings. The Labute approximate surface area is 192 Å². The van der Waals surface area contributed by atoms with Crippen molar-refractivity contribution in [3.63, 3.8) is 0 Å². The van der Waals surface area contributed by atoms with Crippen LogP contribution in [0.2, 0.25) is 5.02 Å². The number of aryl methyl sites for hydroxylation is 1.